The number of halogens is 1. The van der Waals surface area contributed by atoms with Crippen LogP contribution in [0, 0.1) is 0 Å². The van der Waals surface area contributed by atoms with Gasteiger partial charge in [0.1, 0.15) is 19.3 Å². The quantitative estimate of drug-likeness (QED) is 0.0809. The molecular formula is C33H62ClNO4. The maximum Gasteiger partial charge on any atom is 0.161 e. The third-order valence-electron chi connectivity index (χ3n) is 6.41. The average Bonchev–Trinajstić information content (AvgIpc) is 2.92. The van der Waals surface area contributed by atoms with Gasteiger partial charge in [-0.1, -0.05) is 142 Å². The van der Waals surface area contributed by atoms with Gasteiger partial charge in [0.15, 0.2) is 11.5 Å². The first-order valence-electron chi connectivity index (χ1n) is 15.5. The molecule has 1 rings (SSSR count). The molecule has 5 nitrogen and oxygen atoms in total. The predicted octanol–water partition coefficient (Wildman–Crippen LogP) is 8.65. The normalized spacial score (nSPS) is 11.3. The fourth-order valence-corrected chi connectivity index (χ4v) is 4.11. The summed E-state index contributed by atoms with van der Waals surface area (Å²) >= 11 is 0. The molecule has 39 heavy (non-hydrogen) atoms. The van der Waals surface area contributed by atoms with E-state index in [0.717, 1.165) is 6.42 Å². The molecule has 0 fully saturated rings. The first-order chi connectivity index (χ1) is 18.5. The van der Waals surface area contributed by atoms with E-state index < -0.39 is 6.10 Å². The first kappa shape index (κ1) is 39.9. The molecule has 0 heterocycles. The van der Waals surface area contributed by atoms with Crippen molar-refractivity contribution in [3.05, 3.63) is 36.9 Å². The molecule has 0 saturated carbocycles. The minimum absolute atomic E-state index is 0. The molecular weight excluding hydrogens is 510 g/mol. The number of aliphatic hydroxyl groups is 2. The molecule has 0 spiro atoms. The zero-order valence-corrected chi connectivity index (χ0v) is 26.3. The highest BCUT2D eigenvalue weighted by Crippen LogP contribution is 2.26. The van der Waals surface area contributed by atoms with E-state index in [0.29, 0.717) is 37.3 Å². The molecule has 230 valence electrons. The molecule has 1 atom stereocenters. The fourth-order valence-electron chi connectivity index (χ4n) is 4.11. The Morgan fingerprint density at radius 2 is 1.21 bits per heavy atom. The molecule has 1 unspecified atom stereocenters. The van der Waals surface area contributed by atoms with E-state index in [9.17, 15) is 5.11 Å². The van der Waals surface area contributed by atoms with Crippen molar-refractivity contribution < 1.29 is 19.7 Å². The molecule has 0 radical (unpaired) electrons. The zero-order valence-electron chi connectivity index (χ0n) is 25.5. The van der Waals surface area contributed by atoms with Gasteiger partial charge in [-0.3, -0.25) is 0 Å². The fraction of sp³-hybridized carbons (Fsp3) is 0.758. The van der Waals surface area contributed by atoms with Crippen LogP contribution in [-0.4, -0.2) is 48.7 Å². The maximum atomic E-state index is 9.78. The molecule has 0 aliphatic rings. The molecule has 3 N–H and O–H groups in total. The van der Waals surface area contributed by atoms with Crippen molar-refractivity contribution in [1.29, 1.82) is 0 Å². The van der Waals surface area contributed by atoms with Crippen LogP contribution in [0.15, 0.2) is 36.9 Å². The van der Waals surface area contributed by atoms with E-state index in [1.165, 1.54) is 96.3 Å². The lowest BCUT2D eigenvalue weighted by Gasteiger charge is -2.16. The summed E-state index contributed by atoms with van der Waals surface area (Å²) < 4.78 is 11.1. The first-order valence-corrected chi connectivity index (χ1v) is 15.5. The van der Waals surface area contributed by atoms with Gasteiger partial charge in [-0.2, -0.15) is 0 Å². The Morgan fingerprint density at radius 1 is 0.769 bits per heavy atom. The van der Waals surface area contributed by atoms with Gasteiger partial charge in [0.05, 0.1) is 0 Å². The Morgan fingerprint density at radius 3 is 1.62 bits per heavy atom. The molecule has 0 aliphatic carbocycles. The minimum Gasteiger partial charge on any atom is -0.487 e. The van der Waals surface area contributed by atoms with E-state index in [1.807, 2.05) is 38.1 Å². The summed E-state index contributed by atoms with van der Waals surface area (Å²) in [6, 6.07) is 7.74. The van der Waals surface area contributed by atoms with Crippen LogP contribution in [0.3, 0.4) is 0 Å². The summed E-state index contributed by atoms with van der Waals surface area (Å²) in [5, 5.41) is 21.6. The second kappa shape index (κ2) is 31.3. The van der Waals surface area contributed by atoms with Crippen molar-refractivity contribution in [1.82, 2.24) is 5.32 Å². The van der Waals surface area contributed by atoms with Gasteiger partial charge in [-0.25, -0.2) is 0 Å². The van der Waals surface area contributed by atoms with E-state index in [-0.39, 0.29) is 19.0 Å². The van der Waals surface area contributed by atoms with Crippen molar-refractivity contribution in [2.45, 2.75) is 136 Å². The van der Waals surface area contributed by atoms with Crippen molar-refractivity contribution in [3.63, 3.8) is 0 Å². The summed E-state index contributed by atoms with van der Waals surface area (Å²) in [4.78, 5) is 0. The summed E-state index contributed by atoms with van der Waals surface area (Å²) in [6.45, 7) is 11.5. The van der Waals surface area contributed by atoms with E-state index in [1.54, 1.807) is 6.08 Å². The van der Waals surface area contributed by atoms with Crippen molar-refractivity contribution in [2.24, 2.45) is 0 Å². The van der Waals surface area contributed by atoms with Crippen LogP contribution in [0.5, 0.6) is 11.5 Å². The molecule has 1 aromatic carbocycles. The lowest BCUT2D eigenvalue weighted by Crippen LogP contribution is -2.35. The number of hydrogen-bond acceptors (Lipinski definition) is 5. The highest BCUT2D eigenvalue weighted by atomic mass is 35.5. The molecule has 0 aliphatic heterocycles. The van der Waals surface area contributed by atoms with Crippen molar-refractivity contribution >= 4 is 12.4 Å². The second-order valence-corrected chi connectivity index (χ2v) is 10.6. The van der Waals surface area contributed by atoms with Crippen LogP contribution in [0.4, 0.5) is 0 Å². The Labute approximate surface area is 247 Å². The number of hydrogen-bond donors (Lipinski definition) is 3. The minimum atomic E-state index is -0.546. The van der Waals surface area contributed by atoms with Crippen LogP contribution < -0.4 is 14.8 Å². The van der Waals surface area contributed by atoms with Gasteiger partial charge >= 0.3 is 0 Å². The highest BCUT2D eigenvalue weighted by molar-refractivity contribution is 5.85. The van der Waals surface area contributed by atoms with Gasteiger partial charge in [-0.15, -0.1) is 12.4 Å². The molecule has 0 saturated heterocycles. The van der Waals surface area contributed by atoms with Crippen LogP contribution in [0.25, 0.3) is 0 Å². The smallest absolute Gasteiger partial charge is 0.161 e. The number of benzene rings is 1. The number of nitrogens with one attached hydrogen (secondary N) is 1. The second-order valence-electron chi connectivity index (χ2n) is 10.6. The predicted molar refractivity (Wildman–Crippen MR) is 171 cm³/mol. The third-order valence-corrected chi connectivity index (χ3v) is 6.41. The standard InChI is InChI=1S/C18H38O.C15H23NO3.ClH/c1-2-3-4-5-6-7-8-9-10-11-12-13-14-15-16-17-18-19;1-4-9-18-14-7-5-6-8-15(14)19-11-13(17)10-16-12(2)3;/h19H,2-18H2,1H3;4-8,12-13,16-17H,1,9-11H2,2-3H3;1H. The van der Waals surface area contributed by atoms with Gasteiger partial charge in [-0.05, 0) is 18.6 Å². The monoisotopic (exact) mass is 571 g/mol. The van der Waals surface area contributed by atoms with Gasteiger partial charge in [0.25, 0.3) is 0 Å². The Hall–Kier alpha value is -1.27. The number of para-hydroxylation sites is 2. The van der Waals surface area contributed by atoms with Gasteiger partial charge in [0, 0.05) is 19.2 Å². The van der Waals surface area contributed by atoms with Gasteiger partial charge in [0.2, 0.25) is 0 Å². The van der Waals surface area contributed by atoms with E-state index in [4.69, 9.17) is 14.6 Å². The van der Waals surface area contributed by atoms with Gasteiger partial charge < -0.3 is 25.0 Å². The third kappa shape index (κ3) is 28.1. The number of aliphatic hydroxyl groups excluding tert-OH is 2. The number of unbranched alkanes of at least 4 members (excludes halogenated alkanes) is 15. The van der Waals surface area contributed by atoms with Crippen LogP contribution >= 0.6 is 12.4 Å². The zero-order chi connectivity index (χ0) is 28.1. The van der Waals surface area contributed by atoms with E-state index in [2.05, 4.69) is 18.8 Å². The van der Waals surface area contributed by atoms with Crippen LogP contribution in [0.2, 0.25) is 0 Å². The lowest BCUT2D eigenvalue weighted by atomic mass is 10.0. The average molecular weight is 572 g/mol. The van der Waals surface area contributed by atoms with Crippen LogP contribution in [-0.2, 0) is 0 Å². The molecule has 0 bridgehead atoms. The summed E-state index contributed by atoms with van der Waals surface area (Å²) in [5.41, 5.74) is 0. The van der Waals surface area contributed by atoms with Crippen molar-refractivity contribution in [3.8, 4) is 11.5 Å². The Kier molecular flexibility index (Phi) is 32.0. The SMILES string of the molecule is C=CCOc1ccccc1OCC(O)CNC(C)C.CCCCCCCCCCCCCCCCCCO.Cl. The molecule has 6 heteroatoms. The van der Waals surface area contributed by atoms with Crippen LogP contribution in [0.1, 0.15) is 124 Å². The summed E-state index contributed by atoms with van der Waals surface area (Å²) in [5.74, 6) is 1.29. The topological polar surface area (TPSA) is 71.0 Å². The molecule has 0 aromatic heterocycles. The molecule has 0 amide bonds. The number of rotatable bonds is 25. The largest absolute Gasteiger partial charge is 0.487 e. The summed E-state index contributed by atoms with van der Waals surface area (Å²) in [7, 11) is 0. The number of ether oxygens (including phenoxy) is 2. The Bertz CT molecular complexity index is 613. The summed E-state index contributed by atoms with van der Waals surface area (Å²) in [6.07, 6.45) is 23.3. The Balaban J connectivity index is 0. The molecule has 1 aromatic rings. The van der Waals surface area contributed by atoms with Crippen molar-refractivity contribution in [2.75, 3.05) is 26.4 Å². The lowest BCUT2D eigenvalue weighted by molar-refractivity contribution is 0.102. The maximum absolute atomic E-state index is 9.78. The van der Waals surface area contributed by atoms with E-state index >= 15 is 0 Å². The highest BCUT2D eigenvalue weighted by Gasteiger charge is 2.09.